The van der Waals surface area contributed by atoms with Gasteiger partial charge in [0, 0.05) is 55.4 Å². The molecule has 404 valence electrons. The van der Waals surface area contributed by atoms with Gasteiger partial charge in [-0.1, -0.05) is 218 Å². The Labute approximate surface area is 501 Å². The van der Waals surface area contributed by atoms with E-state index in [2.05, 4.69) is 331 Å². The first-order valence-electron chi connectivity index (χ1n) is 30.0. The summed E-state index contributed by atoms with van der Waals surface area (Å²) in [6.07, 6.45) is 0. The highest BCUT2D eigenvalue weighted by Crippen LogP contribution is 2.52. The summed E-state index contributed by atoms with van der Waals surface area (Å²) >= 11 is 0. The molecular formula is C81H57BN4. The minimum atomic E-state index is -0.142. The Kier molecular flexibility index (Phi) is 11.3. The number of benzene rings is 13. The van der Waals surface area contributed by atoms with E-state index in [4.69, 9.17) is 0 Å². The average molecular weight is 1100 g/mol. The van der Waals surface area contributed by atoms with Gasteiger partial charge in [0.15, 0.2) is 0 Å². The number of hydrogen-bond donors (Lipinski definition) is 0. The van der Waals surface area contributed by atoms with E-state index in [1.165, 1.54) is 122 Å². The second-order valence-corrected chi connectivity index (χ2v) is 23.3. The Bertz CT molecular complexity index is 4820. The second kappa shape index (κ2) is 19.6. The molecule has 86 heavy (non-hydrogen) atoms. The number of aromatic nitrogens is 2. The zero-order chi connectivity index (χ0) is 57.1. The average Bonchev–Trinajstić information content (AvgIpc) is 1.21. The fourth-order valence-corrected chi connectivity index (χ4v) is 14.8. The second-order valence-electron chi connectivity index (χ2n) is 23.3. The highest BCUT2D eigenvalue weighted by atomic mass is 15.2. The Balaban J connectivity index is 0.979. The molecule has 0 unspecified atom stereocenters. The molecule has 17 rings (SSSR count). The molecule has 0 saturated carbocycles. The van der Waals surface area contributed by atoms with Crippen LogP contribution in [0.2, 0.25) is 0 Å². The molecule has 0 saturated heterocycles. The van der Waals surface area contributed by atoms with E-state index in [1.807, 2.05) is 0 Å². The molecule has 0 N–H and O–H groups in total. The Morgan fingerprint density at radius 2 is 0.593 bits per heavy atom. The van der Waals surface area contributed by atoms with Gasteiger partial charge in [0.1, 0.15) is 0 Å². The maximum Gasteiger partial charge on any atom is 0.252 e. The lowest BCUT2D eigenvalue weighted by molar-refractivity contribution is 1.13. The molecule has 2 aliphatic heterocycles. The third kappa shape index (κ3) is 7.51. The Hall–Kier alpha value is -10.9. The molecule has 0 atom stereocenters. The van der Waals surface area contributed by atoms with E-state index in [0.29, 0.717) is 0 Å². The predicted octanol–water partition coefficient (Wildman–Crippen LogP) is 19.6. The zero-order valence-electron chi connectivity index (χ0n) is 48.1. The lowest BCUT2D eigenvalue weighted by atomic mass is 9.33. The summed E-state index contributed by atoms with van der Waals surface area (Å²) in [6, 6.07) is 108. The van der Waals surface area contributed by atoms with Crippen LogP contribution in [-0.4, -0.2) is 15.8 Å². The van der Waals surface area contributed by atoms with Crippen molar-refractivity contribution in [2.24, 2.45) is 0 Å². The van der Waals surface area contributed by atoms with Gasteiger partial charge in [0.25, 0.3) is 6.71 Å². The number of hydrogen-bond acceptors (Lipinski definition) is 2. The number of anilines is 6. The van der Waals surface area contributed by atoms with Crippen molar-refractivity contribution in [3.05, 3.63) is 308 Å². The van der Waals surface area contributed by atoms with Gasteiger partial charge in [0.05, 0.1) is 44.8 Å². The van der Waals surface area contributed by atoms with Crippen LogP contribution < -0.4 is 26.2 Å². The van der Waals surface area contributed by atoms with Gasteiger partial charge in [-0.05, 0) is 160 Å². The lowest BCUT2D eigenvalue weighted by Gasteiger charge is -2.46. The molecule has 4 nitrogen and oxygen atoms in total. The summed E-state index contributed by atoms with van der Waals surface area (Å²) in [6.45, 7) is 6.90. The van der Waals surface area contributed by atoms with Crippen LogP contribution in [0.15, 0.2) is 291 Å². The van der Waals surface area contributed by atoms with Crippen LogP contribution in [0.1, 0.15) is 16.7 Å². The van der Waals surface area contributed by atoms with Gasteiger partial charge < -0.3 is 18.9 Å². The predicted molar refractivity (Wildman–Crippen MR) is 365 cm³/mol. The summed E-state index contributed by atoms with van der Waals surface area (Å²) in [7, 11) is 0. The van der Waals surface area contributed by atoms with Crippen LogP contribution in [0.25, 0.3) is 99.5 Å². The van der Waals surface area contributed by atoms with Crippen molar-refractivity contribution in [1.29, 1.82) is 0 Å². The van der Waals surface area contributed by atoms with Crippen molar-refractivity contribution in [3.8, 4) is 55.9 Å². The van der Waals surface area contributed by atoms with Crippen molar-refractivity contribution in [1.82, 2.24) is 9.13 Å². The molecule has 13 aromatic carbocycles. The first kappa shape index (κ1) is 49.7. The lowest BCUT2D eigenvalue weighted by Crippen LogP contribution is -2.62. The van der Waals surface area contributed by atoms with E-state index in [9.17, 15) is 0 Å². The largest absolute Gasteiger partial charge is 0.310 e. The summed E-state index contributed by atoms with van der Waals surface area (Å²) in [4.78, 5) is 5.29. The molecule has 15 aromatic rings. The van der Waals surface area contributed by atoms with Gasteiger partial charge in [-0.3, -0.25) is 0 Å². The number of nitrogens with zero attached hydrogens (tertiary/aromatic N) is 4. The van der Waals surface area contributed by atoms with Crippen LogP contribution >= 0.6 is 0 Å². The summed E-state index contributed by atoms with van der Waals surface area (Å²) < 4.78 is 5.01. The van der Waals surface area contributed by atoms with E-state index in [-0.39, 0.29) is 6.71 Å². The van der Waals surface area contributed by atoms with E-state index in [1.54, 1.807) is 0 Å². The number of fused-ring (bicyclic) bond motifs is 10. The van der Waals surface area contributed by atoms with Crippen LogP contribution in [0.5, 0.6) is 0 Å². The van der Waals surface area contributed by atoms with E-state index in [0.717, 1.165) is 45.0 Å². The van der Waals surface area contributed by atoms with Crippen LogP contribution in [0.3, 0.4) is 0 Å². The number of para-hydroxylation sites is 6. The van der Waals surface area contributed by atoms with E-state index < -0.39 is 0 Å². The third-order valence-corrected chi connectivity index (χ3v) is 18.5. The number of aryl methyl sites for hydroxylation is 1. The van der Waals surface area contributed by atoms with Crippen molar-refractivity contribution in [3.63, 3.8) is 0 Å². The molecular weight excluding hydrogens is 1040 g/mol. The smallest absolute Gasteiger partial charge is 0.252 e. The summed E-state index contributed by atoms with van der Waals surface area (Å²) in [5.41, 5.74) is 30.9. The highest BCUT2D eigenvalue weighted by molar-refractivity contribution is 7.00. The molecule has 4 heterocycles. The maximum atomic E-state index is 2.65. The van der Waals surface area contributed by atoms with Crippen molar-refractivity contribution >= 4 is 101 Å². The molecule has 0 amide bonds. The zero-order valence-corrected chi connectivity index (χ0v) is 48.1. The summed E-state index contributed by atoms with van der Waals surface area (Å²) in [5, 5.41) is 4.98. The molecule has 0 fully saturated rings. The topological polar surface area (TPSA) is 16.3 Å². The molecule has 0 radical (unpaired) electrons. The van der Waals surface area contributed by atoms with Gasteiger partial charge in [-0.15, -0.1) is 0 Å². The first-order valence-corrected chi connectivity index (χ1v) is 30.0. The normalized spacial score (nSPS) is 12.5. The van der Waals surface area contributed by atoms with Gasteiger partial charge in [-0.25, -0.2) is 0 Å². The van der Waals surface area contributed by atoms with E-state index >= 15 is 0 Å². The molecule has 2 aliphatic rings. The van der Waals surface area contributed by atoms with Crippen molar-refractivity contribution in [2.75, 3.05) is 9.80 Å². The van der Waals surface area contributed by atoms with Crippen molar-refractivity contribution in [2.45, 2.75) is 20.8 Å². The molecule has 0 bridgehead atoms. The maximum absolute atomic E-state index is 2.65. The monoisotopic (exact) mass is 1100 g/mol. The SMILES string of the molecule is Cc1cc2c3c(c1)N(c1ccccc1-c1cccc(-c4ccccc4)c1)c1c(ccc(-n4c5ccccc5c5ccccc54)c1C)B3c1ccc(-n3c4ccccc4c4ccccc43)c(C)c1N2c1ccccc1-c1cccc(-c2ccccc2)c1. The molecule has 0 aliphatic carbocycles. The minimum absolute atomic E-state index is 0.142. The fourth-order valence-electron chi connectivity index (χ4n) is 14.8. The van der Waals surface area contributed by atoms with Gasteiger partial charge in [0.2, 0.25) is 0 Å². The quantitative estimate of drug-likeness (QED) is 0.141. The van der Waals surface area contributed by atoms with Crippen LogP contribution in [0.4, 0.5) is 34.1 Å². The minimum Gasteiger partial charge on any atom is -0.310 e. The van der Waals surface area contributed by atoms with Crippen LogP contribution in [-0.2, 0) is 0 Å². The Morgan fingerprint density at radius 3 is 1.00 bits per heavy atom. The molecule has 0 spiro atoms. The number of rotatable bonds is 8. The third-order valence-electron chi connectivity index (χ3n) is 18.5. The Morgan fingerprint density at radius 1 is 0.256 bits per heavy atom. The highest BCUT2D eigenvalue weighted by Gasteiger charge is 2.46. The van der Waals surface area contributed by atoms with Gasteiger partial charge in [-0.2, -0.15) is 0 Å². The first-order chi connectivity index (χ1) is 42.5. The summed E-state index contributed by atoms with van der Waals surface area (Å²) in [5.74, 6) is 0. The van der Waals surface area contributed by atoms with Crippen molar-refractivity contribution < 1.29 is 0 Å². The fraction of sp³-hybridized carbons (Fsp3) is 0.0370. The van der Waals surface area contributed by atoms with Crippen LogP contribution in [0, 0.1) is 20.8 Å². The van der Waals surface area contributed by atoms with Gasteiger partial charge >= 0.3 is 0 Å². The standard InChI is InChI=1S/C81H57BN4/c1-52-48-77-79-78(49-52)86(72-39-17-11-33-62(72)60-31-23-29-58(51-60)56-26-8-5-9-27-56)81-54(3)70(84-75-42-20-14-36-65(75)66-37-15-21-43-76(66)84)47-45-68(81)82(79)67-44-46-69(83-73-40-18-12-34-63(73)64-35-13-19-41-74(64)83)53(2)80(67)85(77)71-38-16-10-32-61(71)59-30-22-28-57(50-59)55-24-6-4-7-25-55/h4-51H,1-3H3. The molecule has 5 heteroatoms. The molecule has 2 aromatic heterocycles.